The van der Waals surface area contributed by atoms with Crippen molar-refractivity contribution in [3.63, 3.8) is 0 Å². The Kier molecular flexibility index (Phi) is 8.61. The van der Waals surface area contributed by atoms with Gasteiger partial charge in [-0.3, -0.25) is 0 Å². The maximum atomic E-state index is 5.68. The highest BCUT2D eigenvalue weighted by molar-refractivity contribution is 4.62. The van der Waals surface area contributed by atoms with Crippen LogP contribution in [0.4, 0.5) is 0 Å². The van der Waals surface area contributed by atoms with E-state index in [-0.39, 0.29) is 6.29 Å². The fourth-order valence-electron chi connectivity index (χ4n) is 1.93. The summed E-state index contributed by atoms with van der Waals surface area (Å²) in [5.74, 6) is 0.668. The summed E-state index contributed by atoms with van der Waals surface area (Å²) in [5.41, 5.74) is 0. The van der Waals surface area contributed by atoms with E-state index in [1.165, 1.54) is 0 Å². The van der Waals surface area contributed by atoms with Crippen LogP contribution >= 0.6 is 0 Å². The first-order valence-corrected chi connectivity index (χ1v) is 6.75. The van der Waals surface area contributed by atoms with Gasteiger partial charge in [0.1, 0.15) is 0 Å². The van der Waals surface area contributed by atoms with Gasteiger partial charge in [0.05, 0.1) is 6.61 Å². The number of rotatable bonds is 9. The largest absolute Gasteiger partial charge is 0.381 e. The van der Waals surface area contributed by atoms with Crippen molar-refractivity contribution in [3.8, 4) is 0 Å². The van der Waals surface area contributed by atoms with E-state index < -0.39 is 0 Å². The van der Waals surface area contributed by atoms with Gasteiger partial charge in [-0.05, 0) is 32.6 Å². The van der Waals surface area contributed by atoms with E-state index in [9.17, 15) is 0 Å². The SMILES string of the molecule is CCOC(CCOCC1CCOCC1)OCC. The van der Waals surface area contributed by atoms with Crippen LogP contribution in [-0.2, 0) is 18.9 Å². The average Bonchev–Trinajstić information content (AvgIpc) is 2.36. The molecule has 4 nitrogen and oxygen atoms in total. The Morgan fingerprint density at radius 2 is 1.76 bits per heavy atom. The summed E-state index contributed by atoms with van der Waals surface area (Å²) < 4.78 is 21.9. The van der Waals surface area contributed by atoms with E-state index in [0.29, 0.717) is 25.7 Å². The molecule has 4 heteroatoms. The summed E-state index contributed by atoms with van der Waals surface area (Å²) in [6.45, 7) is 8.65. The van der Waals surface area contributed by atoms with Gasteiger partial charge in [0.15, 0.2) is 6.29 Å². The zero-order valence-corrected chi connectivity index (χ0v) is 11.2. The van der Waals surface area contributed by atoms with Crippen molar-refractivity contribution in [3.05, 3.63) is 0 Å². The molecule has 0 amide bonds. The monoisotopic (exact) mass is 246 g/mol. The number of hydrogen-bond donors (Lipinski definition) is 0. The second kappa shape index (κ2) is 9.83. The van der Waals surface area contributed by atoms with Crippen molar-refractivity contribution < 1.29 is 18.9 Å². The molecule has 0 aromatic rings. The molecule has 0 bridgehead atoms. The first kappa shape index (κ1) is 14.9. The molecule has 1 aliphatic rings. The van der Waals surface area contributed by atoms with E-state index in [4.69, 9.17) is 18.9 Å². The summed E-state index contributed by atoms with van der Waals surface area (Å²) in [6.07, 6.45) is 2.95. The smallest absolute Gasteiger partial charge is 0.159 e. The molecule has 0 atom stereocenters. The molecular weight excluding hydrogens is 220 g/mol. The fraction of sp³-hybridized carbons (Fsp3) is 1.00. The van der Waals surface area contributed by atoms with Crippen LogP contribution in [0.25, 0.3) is 0 Å². The second-order valence-corrected chi connectivity index (χ2v) is 4.26. The van der Waals surface area contributed by atoms with Crippen LogP contribution in [0.2, 0.25) is 0 Å². The molecule has 0 aromatic carbocycles. The lowest BCUT2D eigenvalue weighted by Crippen LogP contribution is -2.23. The molecule has 1 saturated heterocycles. The molecule has 0 unspecified atom stereocenters. The predicted molar refractivity (Wildman–Crippen MR) is 66.0 cm³/mol. The molecule has 1 aliphatic heterocycles. The summed E-state index contributed by atoms with van der Waals surface area (Å²) in [5, 5.41) is 0. The van der Waals surface area contributed by atoms with Gasteiger partial charge >= 0.3 is 0 Å². The van der Waals surface area contributed by atoms with Crippen LogP contribution in [0.15, 0.2) is 0 Å². The first-order valence-electron chi connectivity index (χ1n) is 6.75. The van der Waals surface area contributed by atoms with Gasteiger partial charge in [0.2, 0.25) is 0 Å². The Morgan fingerprint density at radius 3 is 2.35 bits per heavy atom. The number of hydrogen-bond acceptors (Lipinski definition) is 4. The van der Waals surface area contributed by atoms with Crippen LogP contribution in [-0.4, -0.2) is 45.9 Å². The molecule has 0 radical (unpaired) electrons. The van der Waals surface area contributed by atoms with Gasteiger partial charge < -0.3 is 18.9 Å². The average molecular weight is 246 g/mol. The van der Waals surface area contributed by atoms with E-state index in [2.05, 4.69) is 0 Å². The minimum atomic E-state index is -0.111. The van der Waals surface area contributed by atoms with Crippen LogP contribution in [0.3, 0.4) is 0 Å². The van der Waals surface area contributed by atoms with Crippen molar-refractivity contribution in [2.45, 2.75) is 39.4 Å². The van der Waals surface area contributed by atoms with Crippen LogP contribution < -0.4 is 0 Å². The third-order valence-electron chi connectivity index (χ3n) is 2.90. The van der Waals surface area contributed by atoms with Gasteiger partial charge in [-0.2, -0.15) is 0 Å². The van der Waals surface area contributed by atoms with Crippen LogP contribution in [0.5, 0.6) is 0 Å². The third kappa shape index (κ3) is 6.99. The van der Waals surface area contributed by atoms with Crippen LogP contribution in [0.1, 0.15) is 33.1 Å². The molecular formula is C13H26O4. The second-order valence-electron chi connectivity index (χ2n) is 4.26. The van der Waals surface area contributed by atoms with E-state index in [1.54, 1.807) is 0 Å². The highest BCUT2D eigenvalue weighted by atomic mass is 16.7. The Balaban J connectivity index is 2.00. The highest BCUT2D eigenvalue weighted by Gasteiger charge is 2.14. The molecule has 1 fully saturated rings. The molecule has 0 saturated carbocycles. The topological polar surface area (TPSA) is 36.9 Å². The maximum absolute atomic E-state index is 5.68. The van der Waals surface area contributed by atoms with Crippen molar-refractivity contribution in [1.82, 2.24) is 0 Å². The molecule has 0 N–H and O–H groups in total. The molecule has 1 rings (SSSR count). The molecule has 0 spiro atoms. The van der Waals surface area contributed by atoms with E-state index in [0.717, 1.165) is 39.1 Å². The zero-order chi connectivity index (χ0) is 12.3. The Morgan fingerprint density at radius 1 is 1.12 bits per heavy atom. The lowest BCUT2D eigenvalue weighted by molar-refractivity contribution is -0.147. The van der Waals surface area contributed by atoms with Crippen molar-refractivity contribution in [1.29, 1.82) is 0 Å². The predicted octanol–water partition coefficient (Wildman–Crippen LogP) is 2.22. The standard InChI is InChI=1S/C13H26O4/c1-3-16-13(17-4-2)7-10-15-11-12-5-8-14-9-6-12/h12-13H,3-11H2,1-2H3. The number of ether oxygens (including phenoxy) is 4. The first-order chi connectivity index (χ1) is 8.36. The quantitative estimate of drug-likeness (QED) is 0.462. The minimum Gasteiger partial charge on any atom is -0.381 e. The van der Waals surface area contributed by atoms with E-state index in [1.807, 2.05) is 13.8 Å². The summed E-state index contributed by atoms with van der Waals surface area (Å²) in [7, 11) is 0. The van der Waals surface area contributed by atoms with Crippen molar-refractivity contribution in [2.24, 2.45) is 5.92 Å². The molecule has 102 valence electrons. The van der Waals surface area contributed by atoms with Gasteiger partial charge in [-0.25, -0.2) is 0 Å². The van der Waals surface area contributed by atoms with Crippen LogP contribution in [0, 0.1) is 5.92 Å². The zero-order valence-electron chi connectivity index (χ0n) is 11.2. The molecule has 1 heterocycles. The lowest BCUT2D eigenvalue weighted by atomic mass is 10.0. The van der Waals surface area contributed by atoms with Gasteiger partial charge in [0, 0.05) is 39.5 Å². The summed E-state index contributed by atoms with van der Waals surface area (Å²) in [6, 6.07) is 0. The minimum absolute atomic E-state index is 0.111. The molecule has 0 aliphatic carbocycles. The molecule has 0 aromatic heterocycles. The highest BCUT2D eigenvalue weighted by Crippen LogP contribution is 2.15. The normalized spacial score (nSPS) is 17.8. The fourth-order valence-corrected chi connectivity index (χ4v) is 1.93. The third-order valence-corrected chi connectivity index (χ3v) is 2.90. The lowest BCUT2D eigenvalue weighted by Gasteiger charge is -2.22. The van der Waals surface area contributed by atoms with Gasteiger partial charge in [0.25, 0.3) is 0 Å². The Labute approximate surface area is 105 Å². The Bertz CT molecular complexity index is 163. The summed E-state index contributed by atoms with van der Waals surface area (Å²) >= 11 is 0. The van der Waals surface area contributed by atoms with Crippen molar-refractivity contribution in [2.75, 3.05) is 39.6 Å². The maximum Gasteiger partial charge on any atom is 0.159 e. The van der Waals surface area contributed by atoms with Crippen molar-refractivity contribution >= 4 is 0 Å². The summed E-state index contributed by atoms with van der Waals surface area (Å²) in [4.78, 5) is 0. The van der Waals surface area contributed by atoms with Gasteiger partial charge in [-0.15, -0.1) is 0 Å². The van der Waals surface area contributed by atoms with E-state index >= 15 is 0 Å². The van der Waals surface area contributed by atoms with Gasteiger partial charge in [-0.1, -0.05) is 0 Å². The molecule has 17 heavy (non-hydrogen) atoms. The Hall–Kier alpha value is -0.160.